The summed E-state index contributed by atoms with van der Waals surface area (Å²) in [6, 6.07) is 1.45. The standard InChI is InChI=1S/C6H5BrF2N2/c7-4-3(10)1-2-11-5(4)6(8)9/h1-2,6H,(H2,10,11). The van der Waals surface area contributed by atoms with Crippen molar-refractivity contribution in [2.24, 2.45) is 0 Å². The molecule has 0 spiro atoms. The van der Waals surface area contributed by atoms with Crippen LogP contribution in [0.1, 0.15) is 12.1 Å². The summed E-state index contributed by atoms with van der Waals surface area (Å²) in [4.78, 5) is 3.46. The van der Waals surface area contributed by atoms with Crippen molar-refractivity contribution in [2.45, 2.75) is 6.43 Å². The van der Waals surface area contributed by atoms with Gasteiger partial charge >= 0.3 is 0 Å². The minimum absolute atomic E-state index is 0.176. The summed E-state index contributed by atoms with van der Waals surface area (Å²) in [5.74, 6) is 0. The Balaban J connectivity index is 3.17. The van der Waals surface area contributed by atoms with E-state index in [4.69, 9.17) is 5.73 Å². The Morgan fingerprint density at radius 3 is 2.64 bits per heavy atom. The first-order valence-corrected chi connectivity index (χ1v) is 3.60. The van der Waals surface area contributed by atoms with Crippen molar-refractivity contribution >= 4 is 21.6 Å². The maximum atomic E-state index is 12.1. The molecule has 0 atom stereocenters. The molecule has 0 aliphatic rings. The van der Waals surface area contributed by atoms with E-state index in [0.29, 0.717) is 0 Å². The third kappa shape index (κ3) is 1.65. The highest BCUT2D eigenvalue weighted by Gasteiger charge is 2.14. The molecule has 1 heterocycles. The molecule has 60 valence electrons. The number of halogens is 3. The molecule has 1 rings (SSSR count). The highest BCUT2D eigenvalue weighted by molar-refractivity contribution is 9.10. The van der Waals surface area contributed by atoms with Crippen molar-refractivity contribution in [3.63, 3.8) is 0 Å². The summed E-state index contributed by atoms with van der Waals surface area (Å²) in [7, 11) is 0. The fourth-order valence-corrected chi connectivity index (χ4v) is 1.04. The van der Waals surface area contributed by atoms with E-state index in [9.17, 15) is 8.78 Å². The summed E-state index contributed by atoms with van der Waals surface area (Å²) in [5, 5.41) is 0. The third-order valence-corrected chi connectivity index (χ3v) is 2.02. The Morgan fingerprint density at radius 2 is 2.18 bits per heavy atom. The average Bonchev–Trinajstić information content (AvgIpc) is 1.94. The molecule has 0 aliphatic carbocycles. The van der Waals surface area contributed by atoms with E-state index >= 15 is 0 Å². The maximum absolute atomic E-state index is 12.1. The lowest BCUT2D eigenvalue weighted by Gasteiger charge is -2.02. The summed E-state index contributed by atoms with van der Waals surface area (Å²) in [6.45, 7) is 0. The molecule has 1 aromatic rings. The van der Waals surface area contributed by atoms with Crippen LogP contribution in [0.4, 0.5) is 14.5 Å². The number of nitrogens with zero attached hydrogens (tertiary/aromatic N) is 1. The van der Waals surface area contributed by atoms with Crippen molar-refractivity contribution < 1.29 is 8.78 Å². The second-order valence-corrected chi connectivity index (χ2v) is 2.69. The fraction of sp³-hybridized carbons (Fsp3) is 0.167. The Kier molecular flexibility index (Phi) is 2.38. The van der Waals surface area contributed by atoms with Gasteiger partial charge in [-0.25, -0.2) is 8.78 Å². The predicted octanol–water partition coefficient (Wildman–Crippen LogP) is 2.36. The number of hydrogen-bond donors (Lipinski definition) is 1. The number of alkyl halides is 2. The number of anilines is 1. The van der Waals surface area contributed by atoms with Crippen LogP contribution in [0.25, 0.3) is 0 Å². The van der Waals surface area contributed by atoms with Gasteiger partial charge in [0.25, 0.3) is 6.43 Å². The van der Waals surface area contributed by atoms with Crippen LogP contribution in [0.3, 0.4) is 0 Å². The number of nitrogen functional groups attached to an aromatic ring is 1. The molecule has 5 heteroatoms. The molecular weight excluding hydrogens is 218 g/mol. The maximum Gasteiger partial charge on any atom is 0.281 e. The topological polar surface area (TPSA) is 38.9 Å². The first-order valence-electron chi connectivity index (χ1n) is 2.81. The molecule has 0 saturated carbocycles. The van der Waals surface area contributed by atoms with E-state index in [0.717, 1.165) is 0 Å². The van der Waals surface area contributed by atoms with E-state index in [1.165, 1.54) is 12.3 Å². The van der Waals surface area contributed by atoms with Crippen molar-refractivity contribution in [3.05, 3.63) is 22.4 Å². The lowest BCUT2D eigenvalue weighted by atomic mass is 10.3. The van der Waals surface area contributed by atoms with E-state index in [2.05, 4.69) is 20.9 Å². The van der Waals surface area contributed by atoms with Gasteiger partial charge < -0.3 is 5.73 Å². The van der Waals surface area contributed by atoms with E-state index < -0.39 is 6.43 Å². The van der Waals surface area contributed by atoms with Gasteiger partial charge in [-0.15, -0.1) is 0 Å². The van der Waals surface area contributed by atoms with Gasteiger partial charge in [-0.2, -0.15) is 0 Å². The Bertz CT molecular complexity index is 265. The number of hydrogen-bond acceptors (Lipinski definition) is 2. The SMILES string of the molecule is Nc1ccnc(C(F)F)c1Br. The molecule has 0 radical (unpaired) electrons. The molecule has 0 fully saturated rings. The normalized spacial score (nSPS) is 10.5. The van der Waals surface area contributed by atoms with Crippen LogP contribution < -0.4 is 5.73 Å². The zero-order valence-corrected chi connectivity index (χ0v) is 6.98. The minimum atomic E-state index is -2.59. The summed E-state index contributed by atoms with van der Waals surface area (Å²) >= 11 is 2.91. The predicted molar refractivity (Wildman–Crippen MR) is 41.3 cm³/mol. The van der Waals surface area contributed by atoms with E-state index in [1.54, 1.807) is 0 Å². The lowest BCUT2D eigenvalue weighted by Crippen LogP contribution is -1.95. The summed E-state index contributed by atoms with van der Waals surface area (Å²) in [6.07, 6.45) is -1.34. The van der Waals surface area contributed by atoms with Gasteiger partial charge in [-0.3, -0.25) is 4.98 Å². The summed E-state index contributed by atoms with van der Waals surface area (Å²) < 4.78 is 24.3. The van der Waals surface area contributed by atoms with Crippen molar-refractivity contribution in [3.8, 4) is 0 Å². The van der Waals surface area contributed by atoms with Gasteiger partial charge in [0.1, 0.15) is 5.69 Å². The zero-order chi connectivity index (χ0) is 8.43. The van der Waals surface area contributed by atoms with Crippen LogP contribution in [-0.4, -0.2) is 4.98 Å². The van der Waals surface area contributed by atoms with E-state index in [-0.39, 0.29) is 15.9 Å². The van der Waals surface area contributed by atoms with Gasteiger partial charge in [-0.1, -0.05) is 0 Å². The van der Waals surface area contributed by atoms with Gasteiger partial charge in [0.2, 0.25) is 0 Å². The number of pyridine rings is 1. The zero-order valence-electron chi connectivity index (χ0n) is 5.39. The van der Waals surface area contributed by atoms with Crippen LogP contribution in [-0.2, 0) is 0 Å². The minimum Gasteiger partial charge on any atom is -0.398 e. The highest BCUT2D eigenvalue weighted by Crippen LogP contribution is 2.28. The molecule has 11 heavy (non-hydrogen) atoms. The monoisotopic (exact) mass is 222 g/mol. The molecule has 0 amide bonds. The molecule has 0 bridgehead atoms. The Labute approximate surface area is 70.6 Å². The summed E-state index contributed by atoms with van der Waals surface area (Å²) in [5.41, 5.74) is 5.30. The van der Waals surface area contributed by atoms with Crippen LogP contribution in [0.2, 0.25) is 0 Å². The van der Waals surface area contributed by atoms with Gasteiger partial charge in [0, 0.05) is 11.9 Å². The molecule has 0 unspecified atom stereocenters. The third-order valence-electron chi connectivity index (χ3n) is 1.15. The average molecular weight is 223 g/mol. The largest absolute Gasteiger partial charge is 0.398 e. The van der Waals surface area contributed by atoms with Crippen LogP contribution in [0.15, 0.2) is 16.7 Å². The number of nitrogens with two attached hydrogens (primary N) is 1. The Hall–Kier alpha value is -0.710. The molecular formula is C6H5BrF2N2. The molecule has 2 nitrogen and oxygen atoms in total. The molecule has 1 aromatic heterocycles. The first-order chi connectivity index (χ1) is 5.13. The second kappa shape index (κ2) is 3.13. The lowest BCUT2D eigenvalue weighted by molar-refractivity contribution is 0.145. The van der Waals surface area contributed by atoms with E-state index in [1.807, 2.05) is 0 Å². The number of rotatable bonds is 1. The van der Waals surface area contributed by atoms with Crippen LogP contribution in [0, 0.1) is 0 Å². The highest BCUT2D eigenvalue weighted by atomic mass is 79.9. The number of aromatic nitrogens is 1. The fourth-order valence-electron chi connectivity index (χ4n) is 0.628. The quantitative estimate of drug-likeness (QED) is 0.793. The van der Waals surface area contributed by atoms with Crippen LogP contribution in [0.5, 0.6) is 0 Å². The molecule has 2 N–H and O–H groups in total. The van der Waals surface area contributed by atoms with Crippen molar-refractivity contribution in [1.82, 2.24) is 4.98 Å². The first kappa shape index (κ1) is 8.39. The van der Waals surface area contributed by atoms with Crippen molar-refractivity contribution in [2.75, 3.05) is 5.73 Å². The second-order valence-electron chi connectivity index (χ2n) is 1.90. The smallest absolute Gasteiger partial charge is 0.281 e. The van der Waals surface area contributed by atoms with Gasteiger partial charge in [0.05, 0.1) is 4.47 Å². The van der Waals surface area contributed by atoms with Gasteiger partial charge in [0.15, 0.2) is 0 Å². The molecule has 0 saturated heterocycles. The van der Waals surface area contributed by atoms with Crippen LogP contribution >= 0.6 is 15.9 Å². The molecule has 0 aromatic carbocycles. The Morgan fingerprint density at radius 1 is 1.55 bits per heavy atom. The molecule has 0 aliphatic heterocycles. The van der Waals surface area contributed by atoms with Gasteiger partial charge in [-0.05, 0) is 22.0 Å². The van der Waals surface area contributed by atoms with Crippen molar-refractivity contribution in [1.29, 1.82) is 0 Å².